The van der Waals surface area contributed by atoms with Gasteiger partial charge >= 0.3 is 6.18 Å². The van der Waals surface area contributed by atoms with Gasteiger partial charge in [-0.05, 0) is 25.1 Å². The van der Waals surface area contributed by atoms with Crippen molar-refractivity contribution in [3.05, 3.63) is 47.9 Å². The zero-order valence-electron chi connectivity index (χ0n) is 12.1. The molecule has 0 fully saturated rings. The van der Waals surface area contributed by atoms with Crippen LogP contribution in [0.3, 0.4) is 0 Å². The quantitative estimate of drug-likeness (QED) is 0.718. The zero-order valence-corrected chi connectivity index (χ0v) is 12.1. The maximum absolute atomic E-state index is 12.9. The Morgan fingerprint density at radius 1 is 1.26 bits per heavy atom. The molecule has 3 rings (SSSR count). The standard InChI is InChI=1S/C16H11F3N4/c1-2-23-9-21-15-13(8-20)22-12(7-14(15)23)10-4-3-5-11(6-10)16(17,18)19/h3-7,9H,2H2,1H3. The summed E-state index contributed by atoms with van der Waals surface area (Å²) in [7, 11) is 0. The monoisotopic (exact) mass is 316 g/mol. The summed E-state index contributed by atoms with van der Waals surface area (Å²) in [6, 6.07) is 8.51. The predicted molar refractivity (Wildman–Crippen MR) is 78.4 cm³/mol. The lowest BCUT2D eigenvalue weighted by molar-refractivity contribution is -0.137. The third-order valence-corrected chi connectivity index (χ3v) is 3.54. The van der Waals surface area contributed by atoms with Gasteiger partial charge in [-0.1, -0.05) is 12.1 Å². The number of nitrogens with zero attached hydrogens (tertiary/aromatic N) is 4. The summed E-state index contributed by atoms with van der Waals surface area (Å²) in [4.78, 5) is 8.31. The summed E-state index contributed by atoms with van der Waals surface area (Å²) in [5, 5.41) is 9.23. The first-order valence-corrected chi connectivity index (χ1v) is 6.87. The molecule has 2 aromatic heterocycles. The lowest BCUT2D eigenvalue weighted by Crippen LogP contribution is -2.04. The molecule has 0 saturated heterocycles. The summed E-state index contributed by atoms with van der Waals surface area (Å²) in [6.45, 7) is 2.55. The number of rotatable bonds is 2. The van der Waals surface area contributed by atoms with Crippen LogP contribution in [0, 0.1) is 11.3 Å². The van der Waals surface area contributed by atoms with E-state index in [9.17, 15) is 18.4 Å². The zero-order chi connectivity index (χ0) is 16.6. The number of benzene rings is 1. The van der Waals surface area contributed by atoms with E-state index in [-0.39, 0.29) is 5.69 Å². The minimum absolute atomic E-state index is 0.0992. The summed E-state index contributed by atoms with van der Waals surface area (Å²) < 4.78 is 40.4. The Hall–Kier alpha value is -2.88. The van der Waals surface area contributed by atoms with E-state index < -0.39 is 11.7 Å². The van der Waals surface area contributed by atoms with Crippen molar-refractivity contribution in [1.82, 2.24) is 14.5 Å². The van der Waals surface area contributed by atoms with Gasteiger partial charge in [0, 0.05) is 12.1 Å². The van der Waals surface area contributed by atoms with Crippen molar-refractivity contribution < 1.29 is 13.2 Å². The number of alkyl halides is 3. The number of imidazole rings is 1. The fourth-order valence-corrected chi connectivity index (χ4v) is 2.39. The maximum atomic E-state index is 12.9. The van der Waals surface area contributed by atoms with Gasteiger partial charge in [0.2, 0.25) is 0 Å². The molecule has 7 heteroatoms. The number of hydrogen-bond donors (Lipinski definition) is 0. The molecule has 3 aromatic rings. The average molecular weight is 316 g/mol. The first kappa shape index (κ1) is 15.0. The Kier molecular flexibility index (Phi) is 3.52. The van der Waals surface area contributed by atoms with Gasteiger partial charge in [-0.15, -0.1) is 0 Å². The second-order valence-electron chi connectivity index (χ2n) is 4.94. The summed E-state index contributed by atoms with van der Waals surface area (Å²) in [5.41, 5.74) is 1.09. The third-order valence-electron chi connectivity index (χ3n) is 3.54. The molecule has 4 nitrogen and oxygen atoms in total. The van der Waals surface area contributed by atoms with Crippen molar-refractivity contribution in [2.45, 2.75) is 19.6 Å². The summed E-state index contributed by atoms with van der Waals surface area (Å²) in [5.74, 6) is 0. The van der Waals surface area contributed by atoms with Crippen LogP contribution in [-0.2, 0) is 12.7 Å². The van der Waals surface area contributed by atoms with Crippen LogP contribution in [0.4, 0.5) is 13.2 Å². The van der Waals surface area contributed by atoms with Gasteiger partial charge in [0.05, 0.1) is 23.1 Å². The Morgan fingerprint density at radius 3 is 2.70 bits per heavy atom. The van der Waals surface area contributed by atoms with Crippen LogP contribution in [-0.4, -0.2) is 14.5 Å². The van der Waals surface area contributed by atoms with E-state index in [4.69, 9.17) is 0 Å². The minimum atomic E-state index is -4.43. The molecule has 0 amide bonds. The lowest BCUT2D eigenvalue weighted by Gasteiger charge is -2.09. The Labute approximate surface area is 129 Å². The van der Waals surface area contributed by atoms with Gasteiger partial charge in [-0.25, -0.2) is 9.97 Å². The molecule has 0 radical (unpaired) electrons. The van der Waals surface area contributed by atoms with Gasteiger partial charge in [0.25, 0.3) is 0 Å². The number of fused-ring (bicyclic) bond motifs is 1. The van der Waals surface area contributed by atoms with Gasteiger partial charge in [0.1, 0.15) is 11.6 Å². The number of halogens is 3. The average Bonchev–Trinajstić information content (AvgIpc) is 2.96. The molecule has 23 heavy (non-hydrogen) atoms. The molecule has 0 N–H and O–H groups in total. The topological polar surface area (TPSA) is 54.5 Å². The van der Waals surface area contributed by atoms with E-state index in [0.717, 1.165) is 12.1 Å². The Bertz CT molecular complexity index is 919. The van der Waals surface area contributed by atoms with Crippen LogP contribution < -0.4 is 0 Å². The van der Waals surface area contributed by atoms with Crippen molar-refractivity contribution in [3.63, 3.8) is 0 Å². The highest BCUT2D eigenvalue weighted by atomic mass is 19.4. The number of pyridine rings is 1. The normalized spacial score (nSPS) is 11.6. The first-order chi connectivity index (χ1) is 10.9. The van der Waals surface area contributed by atoms with Crippen LogP contribution in [0.15, 0.2) is 36.7 Å². The molecule has 0 spiro atoms. The lowest BCUT2D eigenvalue weighted by atomic mass is 10.1. The summed E-state index contributed by atoms with van der Waals surface area (Å²) in [6.07, 6.45) is -2.84. The molecule has 0 bridgehead atoms. The first-order valence-electron chi connectivity index (χ1n) is 6.87. The second-order valence-corrected chi connectivity index (χ2v) is 4.94. The van der Waals surface area contributed by atoms with E-state index in [1.807, 2.05) is 17.6 Å². The van der Waals surface area contributed by atoms with Crippen LogP contribution in [0.25, 0.3) is 22.3 Å². The smallest absolute Gasteiger partial charge is 0.331 e. The fourth-order valence-electron chi connectivity index (χ4n) is 2.39. The van der Waals surface area contributed by atoms with Crippen molar-refractivity contribution in [2.24, 2.45) is 0 Å². The van der Waals surface area contributed by atoms with E-state index in [0.29, 0.717) is 28.8 Å². The van der Waals surface area contributed by atoms with Crippen molar-refractivity contribution in [1.29, 1.82) is 5.26 Å². The van der Waals surface area contributed by atoms with Crippen molar-refractivity contribution in [2.75, 3.05) is 0 Å². The number of aryl methyl sites for hydroxylation is 1. The molecule has 0 aliphatic rings. The number of aromatic nitrogens is 3. The van der Waals surface area contributed by atoms with Crippen LogP contribution in [0.5, 0.6) is 0 Å². The summed E-state index contributed by atoms with van der Waals surface area (Å²) >= 11 is 0. The molecule has 0 saturated carbocycles. The Morgan fingerprint density at radius 2 is 2.04 bits per heavy atom. The van der Waals surface area contributed by atoms with Gasteiger partial charge < -0.3 is 4.57 Å². The van der Waals surface area contributed by atoms with E-state index in [1.54, 1.807) is 12.4 Å². The van der Waals surface area contributed by atoms with E-state index in [1.165, 1.54) is 12.1 Å². The number of nitriles is 1. The highest BCUT2D eigenvalue weighted by molar-refractivity contribution is 5.84. The molecule has 0 atom stereocenters. The maximum Gasteiger partial charge on any atom is 0.416 e. The largest absolute Gasteiger partial charge is 0.416 e. The van der Waals surface area contributed by atoms with Crippen LogP contribution in [0.2, 0.25) is 0 Å². The molecule has 0 unspecified atom stereocenters. The van der Waals surface area contributed by atoms with Crippen LogP contribution in [0.1, 0.15) is 18.2 Å². The van der Waals surface area contributed by atoms with Gasteiger partial charge in [0.15, 0.2) is 5.69 Å². The second kappa shape index (κ2) is 5.39. The minimum Gasteiger partial charge on any atom is -0.331 e. The molecule has 0 aliphatic carbocycles. The molecule has 2 heterocycles. The highest BCUT2D eigenvalue weighted by Gasteiger charge is 2.30. The van der Waals surface area contributed by atoms with Crippen LogP contribution >= 0.6 is 0 Å². The SMILES string of the molecule is CCn1cnc2c(C#N)nc(-c3cccc(C(F)(F)F)c3)cc21. The molecular formula is C16H11F3N4. The van der Waals surface area contributed by atoms with E-state index in [2.05, 4.69) is 9.97 Å². The van der Waals surface area contributed by atoms with E-state index >= 15 is 0 Å². The van der Waals surface area contributed by atoms with Crippen molar-refractivity contribution >= 4 is 11.0 Å². The Balaban J connectivity index is 2.23. The molecule has 1 aromatic carbocycles. The van der Waals surface area contributed by atoms with Gasteiger partial charge in [-0.3, -0.25) is 0 Å². The molecule has 116 valence electrons. The number of hydrogen-bond acceptors (Lipinski definition) is 3. The predicted octanol–water partition coefficient (Wildman–Crippen LogP) is 4.01. The molecule has 0 aliphatic heterocycles. The third kappa shape index (κ3) is 2.63. The van der Waals surface area contributed by atoms with Gasteiger partial charge in [-0.2, -0.15) is 18.4 Å². The fraction of sp³-hybridized carbons (Fsp3) is 0.188. The van der Waals surface area contributed by atoms with Crippen molar-refractivity contribution in [3.8, 4) is 17.3 Å². The molecular weight excluding hydrogens is 305 g/mol. The highest BCUT2D eigenvalue weighted by Crippen LogP contribution is 2.32.